The predicted molar refractivity (Wildman–Crippen MR) is 187 cm³/mol. The summed E-state index contributed by atoms with van der Waals surface area (Å²) in [5.41, 5.74) is 7.32. The normalized spacial score (nSPS) is 12.8. The standard InChI is InChI=1S/C41H41FN2/c1-9-26(2)43-27(3)37-20-14-33(24-39(37)28(43)4)22-31-10-16-35(17-11-31)41(7,8)36-18-12-32(13-19-36)23-34-15-21-38-29(5)44(42)30(6)40(38)25-34/h10-21,24-26H,3-6,9,22-23H2,1-2,7-8H3. The van der Waals surface area contributed by atoms with E-state index < -0.39 is 0 Å². The molecule has 0 fully saturated rings. The second-order valence-electron chi connectivity index (χ2n) is 12.8. The summed E-state index contributed by atoms with van der Waals surface area (Å²) in [6, 6.07) is 31.0. The Morgan fingerprint density at radius 1 is 0.591 bits per heavy atom. The highest BCUT2D eigenvalue weighted by Gasteiger charge is 2.23. The minimum absolute atomic E-state index is 0.140. The molecule has 2 nitrogen and oxygen atoms in total. The lowest BCUT2D eigenvalue weighted by Crippen LogP contribution is -2.27. The Bertz CT molecular complexity index is 2210. The molecule has 0 aliphatic heterocycles. The summed E-state index contributed by atoms with van der Waals surface area (Å²) in [5.74, 6) is 0. The zero-order chi connectivity index (χ0) is 31.3. The van der Waals surface area contributed by atoms with Crippen LogP contribution in [0.25, 0.3) is 47.9 Å². The molecule has 4 aromatic carbocycles. The fourth-order valence-corrected chi connectivity index (χ4v) is 6.61. The molecule has 0 bridgehead atoms. The van der Waals surface area contributed by atoms with Gasteiger partial charge in [0.05, 0.1) is 10.7 Å². The molecule has 1 atom stereocenters. The maximum atomic E-state index is 14.2. The van der Waals surface area contributed by atoms with Crippen molar-refractivity contribution in [1.82, 2.24) is 9.36 Å². The number of rotatable bonds is 8. The van der Waals surface area contributed by atoms with E-state index in [-0.39, 0.29) is 5.41 Å². The summed E-state index contributed by atoms with van der Waals surface area (Å²) < 4.78 is 16.5. The van der Waals surface area contributed by atoms with Crippen molar-refractivity contribution in [2.24, 2.45) is 0 Å². The topological polar surface area (TPSA) is 9.86 Å². The van der Waals surface area contributed by atoms with Crippen molar-refractivity contribution >= 4 is 47.9 Å². The molecular weight excluding hydrogens is 539 g/mol. The molecule has 0 aliphatic carbocycles. The Morgan fingerprint density at radius 3 is 1.45 bits per heavy atom. The van der Waals surface area contributed by atoms with E-state index in [2.05, 4.69) is 125 Å². The number of hydrogen-bond acceptors (Lipinski definition) is 0. The number of nitrogens with zero attached hydrogens (tertiary/aromatic N) is 2. The van der Waals surface area contributed by atoms with Gasteiger partial charge in [0.15, 0.2) is 0 Å². The van der Waals surface area contributed by atoms with Gasteiger partial charge in [-0.1, -0.05) is 124 Å². The highest BCUT2D eigenvalue weighted by molar-refractivity contribution is 5.85. The van der Waals surface area contributed by atoms with E-state index in [0.717, 1.165) is 46.3 Å². The van der Waals surface area contributed by atoms with Gasteiger partial charge in [0.1, 0.15) is 0 Å². The maximum absolute atomic E-state index is 14.2. The molecule has 6 rings (SSSR count). The quantitative estimate of drug-likeness (QED) is 0.177. The van der Waals surface area contributed by atoms with Crippen molar-refractivity contribution in [2.45, 2.75) is 58.4 Å². The van der Waals surface area contributed by atoms with Gasteiger partial charge in [-0.05, 0) is 71.7 Å². The van der Waals surface area contributed by atoms with E-state index in [1.807, 2.05) is 18.2 Å². The zero-order valence-electron chi connectivity index (χ0n) is 26.4. The lowest BCUT2D eigenvalue weighted by molar-refractivity contribution is 0.351. The SMILES string of the molecule is C=c1c2ccc(Cc3ccc(C(C)(C)c4ccc(Cc5ccc6c(=C)n(C(C)CC)c(=C)c6c5)cc4)cc3)cc2c(=C)n1F. The van der Waals surface area contributed by atoms with Crippen molar-refractivity contribution in [1.29, 1.82) is 0 Å². The molecule has 3 heteroatoms. The third kappa shape index (κ3) is 5.01. The van der Waals surface area contributed by atoms with Crippen LogP contribution in [0.5, 0.6) is 0 Å². The van der Waals surface area contributed by atoms with Crippen molar-refractivity contribution < 1.29 is 4.48 Å². The first-order valence-electron chi connectivity index (χ1n) is 15.5. The van der Waals surface area contributed by atoms with Crippen molar-refractivity contribution in [2.75, 3.05) is 0 Å². The number of hydrogen-bond donors (Lipinski definition) is 0. The number of halogens is 1. The van der Waals surface area contributed by atoms with Crippen molar-refractivity contribution in [3.63, 3.8) is 0 Å². The number of aromatic nitrogens is 2. The van der Waals surface area contributed by atoms with Crippen LogP contribution in [0, 0.1) is 0 Å². The van der Waals surface area contributed by atoms with Gasteiger partial charge < -0.3 is 4.57 Å². The van der Waals surface area contributed by atoms with Crippen LogP contribution in [0.2, 0.25) is 0 Å². The monoisotopic (exact) mass is 580 g/mol. The molecule has 0 saturated carbocycles. The first-order valence-corrected chi connectivity index (χ1v) is 15.5. The minimum atomic E-state index is -0.140. The van der Waals surface area contributed by atoms with Crippen LogP contribution in [0.1, 0.15) is 73.5 Å². The Morgan fingerprint density at radius 2 is 0.977 bits per heavy atom. The van der Waals surface area contributed by atoms with Gasteiger partial charge in [0.2, 0.25) is 0 Å². The second-order valence-corrected chi connectivity index (χ2v) is 12.8. The molecule has 0 N–H and O–H groups in total. The van der Waals surface area contributed by atoms with Crippen molar-refractivity contribution in [3.8, 4) is 0 Å². The van der Waals surface area contributed by atoms with Crippen molar-refractivity contribution in [3.05, 3.63) is 140 Å². The molecule has 0 radical (unpaired) electrons. The summed E-state index contributed by atoms with van der Waals surface area (Å²) >= 11 is 0. The average molecular weight is 581 g/mol. The smallest absolute Gasteiger partial charge is 0.0754 e. The fraction of sp³-hybridized carbons (Fsp3) is 0.220. The van der Waals surface area contributed by atoms with Gasteiger partial charge in [0.25, 0.3) is 0 Å². The molecular formula is C41H41FN2. The molecule has 0 aliphatic rings. The van der Waals surface area contributed by atoms with Crippen LogP contribution in [-0.2, 0) is 18.3 Å². The van der Waals surface area contributed by atoms with Crippen LogP contribution in [0.3, 0.4) is 0 Å². The van der Waals surface area contributed by atoms with Crippen LogP contribution in [-0.4, -0.2) is 9.36 Å². The van der Waals surface area contributed by atoms with Gasteiger partial charge in [0, 0.05) is 43.7 Å². The lowest BCUT2D eigenvalue weighted by Gasteiger charge is -2.26. The van der Waals surface area contributed by atoms with Gasteiger partial charge >= 0.3 is 0 Å². The molecule has 222 valence electrons. The first-order chi connectivity index (χ1) is 21.0. The first kappa shape index (κ1) is 29.4. The average Bonchev–Trinajstić information content (AvgIpc) is 3.40. The molecule has 1 unspecified atom stereocenters. The molecule has 0 spiro atoms. The van der Waals surface area contributed by atoms with E-state index in [0.29, 0.717) is 21.5 Å². The summed E-state index contributed by atoms with van der Waals surface area (Å²) in [5, 5.41) is 6.84. The summed E-state index contributed by atoms with van der Waals surface area (Å²) in [6.07, 6.45) is 2.70. The predicted octanol–water partition coefficient (Wildman–Crippen LogP) is 7.45. The van der Waals surface area contributed by atoms with E-state index in [1.165, 1.54) is 38.6 Å². The molecule has 2 aromatic heterocycles. The van der Waals surface area contributed by atoms with Crippen LogP contribution < -0.4 is 21.4 Å². The van der Waals surface area contributed by atoms with Gasteiger partial charge in [-0.15, -0.1) is 0 Å². The lowest BCUT2D eigenvalue weighted by atomic mass is 9.77. The largest absolute Gasteiger partial charge is 0.339 e. The molecule has 0 saturated heterocycles. The maximum Gasteiger partial charge on any atom is 0.0754 e. The minimum Gasteiger partial charge on any atom is -0.339 e. The molecule has 0 amide bonds. The Balaban J connectivity index is 1.18. The van der Waals surface area contributed by atoms with Gasteiger partial charge in [-0.2, -0.15) is 4.79 Å². The Kier molecular flexibility index (Phi) is 7.45. The third-order valence-electron chi connectivity index (χ3n) is 9.67. The van der Waals surface area contributed by atoms with Crippen LogP contribution >= 0.6 is 0 Å². The Hall–Kier alpha value is -4.63. The summed E-state index contributed by atoms with van der Waals surface area (Å²) in [7, 11) is 0. The number of fused-ring (bicyclic) bond motifs is 2. The summed E-state index contributed by atoms with van der Waals surface area (Å²) in [6.45, 7) is 25.5. The van der Waals surface area contributed by atoms with E-state index >= 15 is 0 Å². The zero-order valence-corrected chi connectivity index (χ0v) is 26.4. The van der Waals surface area contributed by atoms with Gasteiger partial charge in [-0.3, -0.25) is 0 Å². The third-order valence-corrected chi connectivity index (χ3v) is 9.67. The Labute approximate surface area is 259 Å². The highest BCUT2D eigenvalue weighted by Crippen LogP contribution is 2.32. The van der Waals surface area contributed by atoms with E-state index in [1.54, 1.807) is 0 Å². The molecule has 2 heterocycles. The van der Waals surface area contributed by atoms with Crippen LogP contribution in [0.15, 0.2) is 84.9 Å². The summed E-state index contributed by atoms with van der Waals surface area (Å²) in [4.78, 5) is 0.570. The number of benzene rings is 4. The molecule has 6 aromatic rings. The van der Waals surface area contributed by atoms with E-state index in [4.69, 9.17) is 0 Å². The van der Waals surface area contributed by atoms with E-state index in [9.17, 15) is 4.48 Å². The highest BCUT2D eigenvalue weighted by atomic mass is 19.2. The van der Waals surface area contributed by atoms with Crippen LogP contribution in [0.4, 0.5) is 4.48 Å². The second kappa shape index (κ2) is 11.1. The van der Waals surface area contributed by atoms with Gasteiger partial charge in [-0.25, -0.2) is 0 Å². The fourth-order valence-electron chi connectivity index (χ4n) is 6.61. The molecule has 44 heavy (non-hydrogen) atoms.